The molecule has 0 saturated carbocycles. The molecule has 1 aliphatic heterocycles. The Hall–Kier alpha value is -3.84. The van der Waals surface area contributed by atoms with Crippen LogP contribution < -0.4 is 0 Å². The van der Waals surface area contributed by atoms with Gasteiger partial charge < -0.3 is 4.74 Å². The second-order valence-electron chi connectivity index (χ2n) is 8.95. The summed E-state index contributed by atoms with van der Waals surface area (Å²) in [6.07, 6.45) is 5.62. The van der Waals surface area contributed by atoms with Crippen molar-refractivity contribution in [3.63, 3.8) is 0 Å². The summed E-state index contributed by atoms with van der Waals surface area (Å²) < 4.78 is 6.50. The van der Waals surface area contributed by atoms with E-state index in [0.29, 0.717) is 0 Å². The molecular weight excluding hydrogens is 412 g/mol. The van der Waals surface area contributed by atoms with Crippen LogP contribution in [0.4, 0.5) is 0 Å². The molecule has 1 heteroatoms. The van der Waals surface area contributed by atoms with Gasteiger partial charge in [0, 0.05) is 12.8 Å². The molecule has 4 aromatic carbocycles. The topological polar surface area (TPSA) is 9.23 Å². The Morgan fingerprint density at radius 3 is 1.44 bits per heavy atom. The molecule has 1 atom stereocenters. The highest BCUT2D eigenvalue weighted by atomic mass is 16.5. The molecule has 1 unspecified atom stereocenters. The summed E-state index contributed by atoms with van der Waals surface area (Å²) in [5, 5.41) is 0. The predicted molar refractivity (Wildman–Crippen MR) is 141 cm³/mol. The van der Waals surface area contributed by atoms with Gasteiger partial charge in [0.1, 0.15) is 6.10 Å². The summed E-state index contributed by atoms with van der Waals surface area (Å²) in [4.78, 5) is 0. The van der Waals surface area contributed by atoms with E-state index < -0.39 is 0 Å². The van der Waals surface area contributed by atoms with Crippen molar-refractivity contribution in [2.75, 3.05) is 0 Å². The number of rotatable bonds is 8. The van der Waals surface area contributed by atoms with Crippen LogP contribution in [0.15, 0.2) is 144 Å². The molecule has 5 rings (SSSR count). The van der Waals surface area contributed by atoms with Crippen molar-refractivity contribution in [3.8, 4) is 0 Å². The lowest BCUT2D eigenvalue weighted by molar-refractivity contribution is 0.164. The normalized spacial score (nSPS) is 15.5. The van der Waals surface area contributed by atoms with Crippen LogP contribution in [-0.2, 0) is 30.4 Å². The second-order valence-corrected chi connectivity index (χ2v) is 8.95. The minimum atomic E-state index is 0.0286. The quantitative estimate of drug-likeness (QED) is 0.274. The monoisotopic (exact) mass is 442 g/mol. The molecule has 1 aliphatic rings. The fourth-order valence-electron chi connectivity index (χ4n) is 4.75. The fraction of sp³-hybridized carbons (Fsp3) is 0.152. The largest absolute Gasteiger partial charge is 0.493 e. The van der Waals surface area contributed by atoms with Crippen molar-refractivity contribution in [2.24, 2.45) is 0 Å². The van der Waals surface area contributed by atoms with Crippen LogP contribution in [0.3, 0.4) is 0 Å². The van der Waals surface area contributed by atoms with Crippen LogP contribution in [0.5, 0.6) is 0 Å². The van der Waals surface area contributed by atoms with E-state index in [0.717, 1.165) is 25.7 Å². The average molecular weight is 443 g/mol. The molecule has 0 N–H and O–H groups in total. The first kappa shape index (κ1) is 22.0. The summed E-state index contributed by atoms with van der Waals surface area (Å²) in [7, 11) is 0. The summed E-state index contributed by atoms with van der Waals surface area (Å²) in [6, 6.07) is 43.0. The zero-order chi connectivity index (χ0) is 23.0. The zero-order valence-electron chi connectivity index (χ0n) is 19.4. The molecule has 1 nitrogen and oxygen atoms in total. The molecule has 34 heavy (non-hydrogen) atoms. The van der Waals surface area contributed by atoms with E-state index in [2.05, 4.69) is 121 Å². The van der Waals surface area contributed by atoms with E-state index >= 15 is 0 Å². The van der Waals surface area contributed by atoms with Gasteiger partial charge in [-0.3, -0.25) is 0 Å². The van der Waals surface area contributed by atoms with Gasteiger partial charge in [0.15, 0.2) is 0 Å². The number of hydrogen-bond donors (Lipinski definition) is 0. The average Bonchev–Trinajstić information content (AvgIpc) is 2.90. The molecule has 0 saturated heterocycles. The van der Waals surface area contributed by atoms with E-state index in [1.165, 1.54) is 39.0 Å². The Bertz CT molecular complexity index is 1240. The van der Waals surface area contributed by atoms with E-state index in [4.69, 9.17) is 4.74 Å². The van der Waals surface area contributed by atoms with Crippen LogP contribution in [0.2, 0.25) is 0 Å². The first-order valence-corrected chi connectivity index (χ1v) is 12.1. The standard InChI is InChI=1S/C33H30O/c1-5-13-26(14-6-1)21-30-25-34-33(24-29-19-11-4-12-20-29)32(23-28-17-9-3-10-18-28)31(30)22-27-15-7-2-8-16-27/h1-20,25,33H,21-24H2. The molecule has 168 valence electrons. The number of ether oxygens (including phenoxy) is 1. The van der Waals surface area contributed by atoms with Gasteiger partial charge >= 0.3 is 0 Å². The highest BCUT2D eigenvalue weighted by molar-refractivity contribution is 5.47. The minimum Gasteiger partial charge on any atom is -0.493 e. The smallest absolute Gasteiger partial charge is 0.124 e. The van der Waals surface area contributed by atoms with Gasteiger partial charge in [0.25, 0.3) is 0 Å². The summed E-state index contributed by atoms with van der Waals surface area (Å²) in [5.41, 5.74) is 9.37. The van der Waals surface area contributed by atoms with Gasteiger partial charge in [-0.05, 0) is 51.8 Å². The fourth-order valence-corrected chi connectivity index (χ4v) is 4.75. The molecule has 4 aromatic rings. The predicted octanol–water partition coefficient (Wildman–Crippen LogP) is 7.54. The summed E-state index contributed by atoms with van der Waals surface area (Å²) in [5.74, 6) is 0. The molecule has 0 bridgehead atoms. The van der Waals surface area contributed by atoms with Crippen LogP contribution in [-0.4, -0.2) is 6.10 Å². The third-order valence-electron chi connectivity index (χ3n) is 6.50. The minimum absolute atomic E-state index is 0.0286. The van der Waals surface area contributed by atoms with Crippen molar-refractivity contribution >= 4 is 0 Å². The molecule has 0 aromatic heterocycles. The Morgan fingerprint density at radius 1 is 0.471 bits per heavy atom. The van der Waals surface area contributed by atoms with Gasteiger partial charge in [-0.2, -0.15) is 0 Å². The highest BCUT2D eigenvalue weighted by Crippen LogP contribution is 2.34. The van der Waals surface area contributed by atoms with Crippen molar-refractivity contribution in [3.05, 3.63) is 167 Å². The maximum Gasteiger partial charge on any atom is 0.124 e. The third-order valence-corrected chi connectivity index (χ3v) is 6.50. The lowest BCUT2D eigenvalue weighted by atomic mass is 9.83. The van der Waals surface area contributed by atoms with Crippen molar-refractivity contribution in [2.45, 2.75) is 31.8 Å². The van der Waals surface area contributed by atoms with Crippen molar-refractivity contribution < 1.29 is 4.74 Å². The molecular formula is C33H30O. The van der Waals surface area contributed by atoms with E-state index in [9.17, 15) is 0 Å². The van der Waals surface area contributed by atoms with Crippen LogP contribution in [0.1, 0.15) is 22.3 Å². The second kappa shape index (κ2) is 10.9. The van der Waals surface area contributed by atoms with E-state index in [1.807, 2.05) is 6.26 Å². The summed E-state index contributed by atoms with van der Waals surface area (Å²) in [6.45, 7) is 0. The molecule has 0 aliphatic carbocycles. The van der Waals surface area contributed by atoms with Crippen LogP contribution in [0, 0.1) is 0 Å². The van der Waals surface area contributed by atoms with Gasteiger partial charge in [0.05, 0.1) is 6.26 Å². The Balaban J connectivity index is 1.56. The Labute approximate surface area is 203 Å². The Morgan fingerprint density at radius 2 is 0.912 bits per heavy atom. The maximum absolute atomic E-state index is 6.50. The molecule has 0 radical (unpaired) electrons. The highest BCUT2D eigenvalue weighted by Gasteiger charge is 2.26. The SMILES string of the molecule is C1=C(Cc2ccccc2)C(Cc2ccccc2)=C(Cc2ccccc2)C(Cc2ccccc2)O1. The number of hydrogen-bond acceptors (Lipinski definition) is 1. The van der Waals surface area contributed by atoms with Crippen LogP contribution in [0.25, 0.3) is 0 Å². The molecule has 0 spiro atoms. The van der Waals surface area contributed by atoms with Crippen molar-refractivity contribution in [1.82, 2.24) is 0 Å². The zero-order valence-corrected chi connectivity index (χ0v) is 19.4. The summed E-state index contributed by atoms with van der Waals surface area (Å²) >= 11 is 0. The third kappa shape index (κ3) is 5.55. The lowest BCUT2D eigenvalue weighted by Gasteiger charge is -2.30. The maximum atomic E-state index is 6.50. The lowest BCUT2D eigenvalue weighted by Crippen LogP contribution is -2.25. The molecule has 0 amide bonds. The van der Waals surface area contributed by atoms with E-state index in [1.54, 1.807) is 0 Å². The molecule has 1 heterocycles. The van der Waals surface area contributed by atoms with Gasteiger partial charge in [-0.15, -0.1) is 0 Å². The number of allylic oxidation sites excluding steroid dienone is 2. The van der Waals surface area contributed by atoms with Gasteiger partial charge in [-0.1, -0.05) is 121 Å². The first-order chi connectivity index (χ1) is 16.8. The number of benzene rings is 4. The van der Waals surface area contributed by atoms with Crippen molar-refractivity contribution in [1.29, 1.82) is 0 Å². The first-order valence-electron chi connectivity index (χ1n) is 12.1. The van der Waals surface area contributed by atoms with Crippen LogP contribution >= 0.6 is 0 Å². The van der Waals surface area contributed by atoms with Gasteiger partial charge in [0.2, 0.25) is 0 Å². The van der Waals surface area contributed by atoms with Gasteiger partial charge in [-0.25, -0.2) is 0 Å². The molecule has 0 fully saturated rings. The van der Waals surface area contributed by atoms with E-state index in [-0.39, 0.29) is 6.10 Å². The Kier molecular flexibility index (Phi) is 7.01.